The number of rotatable bonds is 4. The highest BCUT2D eigenvalue weighted by Gasteiger charge is 2.11. The first kappa shape index (κ1) is 11.6. The average molecular weight is 254 g/mol. The first-order valence-corrected chi connectivity index (χ1v) is 5.10. The molecule has 88 valence electrons. The van der Waals surface area contributed by atoms with E-state index >= 15 is 0 Å². The van der Waals surface area contributed by atoms with Gasteiger partial charge in [-0.15, -0.1) is 0 Å². The molecule has 0 saturated heterocycles. The first-order valence-electron chi connectivity index (χ1n) is 4.72. The lowest BCUT2D eigenvalue weighted by atomic mass is 10.3. The number of nitrogens with zero attached hydrogens (tertiary/aromatic N) is 7. The lowest BCUT2D eigenvalue weighted by Gasteiger charge is -2.08. The minimum Gasteiger partial charge on any atom is -0.391 e. The predicted octanol–water partition coefficient (Wildman–Crippen LogP) is 1.15. The zero-order chi connectivity index (χ0) is 12.3. The molecule has 0 bridgehead atoms. The van der Waals surface area contributed by atoms with Crippen LogP contribution < -0.4 is 0 Å². The molecule has 2 aromatic heterocycles. The van der Waals surface area contributed by atoms with E-state index in [0.717, 1.165) is 0 Å². The lowest BCUT2D eigenvalue weighted by molar-refractivity contribution is 0.163. The molecular formula is C8H8ClN7O. The summed E-state index contributed by atoms with van der Waals surface area (Å²) in [6, 6.07) is 0. The van der Waals surface area contributed by atoms with Gasteiger partial charge in [0.1, 0.15) is 11.8 Å². The fraction of sp³-hybridized carbons (Fsp3) is 0.375. The largest absolute Gasteiger partial charge is 0.391 e. The maximum absolute atomic E-state index is 9.59. The van der Waals surface area contributed by atoms with Crippen LogP contribution in [0.25, 0.3) is 21.6 Å². The molecule has 0 aliphatic heterocycles. The number of fused-ring (bicyclic) bond motifs is 1. The monoisotopic (exact) mass is 253 g/mol. The van der Waals surface area contributed by atoms with Crippen LogP contribution in [0.15, 0.2) is 17.8 Å². The van der Waals surface area contributed by atoms with Crippen LogP contribution in [-0.2, 0) is 6.54 Å². The lowest BCUT2D eigenvalue weighted by Crippen LogP contribution is -2.18. The Kier molecular flexibility index (Phi) is 3.38. The van der Waals surface area contributed by atoms with Crippen LogP contribution in [0.5, 0.6) is 0 Å². The Labute approximate surface area is 101 Å². The Morgan fingerprint density at radius 3 is 3.12 bits per heavy atom. The first-order chi connectivity index (χ1) is 8.22. The van der Waals surface area contributed by atoms with Crippen molar-refractivity contribution in [3.05, 3.63) is 28.3 Å². The molecule has 0 saturated carbocycles. The van der Waals surface area contributed by atoms with E-state index in [0.29, 0.717) is 11.2 Å². The van der Waals surface area contributed by atoms with Crippen LogP contribution >= 0.6 is 11.6 Å². The molecule has 0 fully saturated rings. The van der Waals surface area contributed by atoms with E-state index in [-0.39, 0.29) is 18.2 Å². The molecule has 8 nitrogen and oxygen atoms in total. The number of aliphatic hydroxyl groups excluding tert-OH is 1. The number of halogens is 1. The van der Waals surface area contributed by atoms with Crippen LogP contribution in [0.3, 0.4) is 0 Å². The van der Waals surface area contributed by atoms with Gasteiger partial charge in [0.2, 0.25) is 0 Å². The molecule has 0 aliphatic carbocycles. The van der Waals surface area contributed by atoms with Crippen molar-refractivity contribution in [1.82, 2.24) is 19.5 Å². The molecule has 0 spiro atoms. The van der Waals surface area contributed by atoms with Gasteiger partial charge in [-0.05, 0) is 5.53 Å². The molecule has 9 heteroatoms. The standard InChI is InChI=1S/C8H8ClN7O/c9-7-6-8(12-3-11-7)16(4-13-6)2-5(17)1-14-15-10/h3-5,17H,1-2H2. The van der Waals surface area contributed by atoms with Gasteiger partial charge in [-0.1, -0.05) is 16.7 Å². The van der Waals surface area contributed by atoms with Gasteiger partial charge in [-0.3, -0.25) is 0 Å². The average Bonchev–Trinajstić information content (AvgIpc) is 2.71. The number of hydrogen-bond donors (Lipinski definition) is 1. The summed E-state index contributed by atoms with van der Waals surface area (Å²) in [5, 5.41) is 13.1. The summed E-state index contributed by atoms with van der Waals surface area (Å²) in [7, 11) is 0. The fourth-order valence-electron chi connectivity index (χ4n) is 1.40. The molecule has 1 N–H and O–H groups in total. The predicted molar refractivity (Wildman–Crippen MR) is 60.4 cm³/mol. The van der Waals surface area contributed by atoms with E-state index in [2.05, 4.69) is 25.0 Å². The fourth-order valence-corrected chi connectivity index (χ4v) is 1.58. The summed E-state index contributed by atoms with van der Waals surface area (Å²) in [5.41, 5.74) is 9.15. The summed E-state index contributed by atoms with van der Waals surface area (Å²) in [6.07, 6.45) is 2.03. The number of hydrogen-bond acceptors (Lipinski definition) is 5. The summed E-state index contributed by atoms with van der Waals surface area (Å²) in [6.45, 7) is 0.220. The second kappa shape index (κ2) is 4.96. The van der Waals surface area contributed by atoms with E-state index in [1.807, 2.05) is 0 Å². The summed E-state index contributed by atoms with van der Waals surface area (Å²) < 4.78 is 1.63. The normalized spacial score (nSPS) is 12.4. The minimum atomic E-state index is -0.794. The van der Waals surface area contributed by atoms with Gasteiger partial charge < -0.3 is 9.67 Å². The topological polar surface area (TPSA) is 113 Å². The van der Waals surface area contributed by atoms with Gasteiger partial charge in [-0.2, -0.15) is 0 Å². The van der Waals surface area contributed by atoms with Crippen molar-refractivity contribution in [1.29, 1.82) is 0 Å². The van der Waals surface area contributed by atoms with E-state index in [1.165, 1.54) is 12.7 Å². The van der Waals surface area contributed by atoms with E-state index in [9.17, 15) is 5.11 Å². The highest BCUT2D eigenvalue weighted by atomic mass is 35.5. The third-order valence-corrected chi connectivity index (χ3v) is 2.40. The minimum absolute atomic E-state index is 0.00497. The van der Waals surface area contributed by atoms with Gasteiger partial charge >= 0.3 is 0 Å². The third-order valence-electron chi connectivity index (χ3n) is 2.12. The Hall–Kier alpha value is -1.89. The molecule has 0 aliphatic rings. The smallest absolute Gasteiger partial charge is 0.164 e. The van der Waals surface area contributed by atoms with Crippen LogP contribution in [-0.4, -0.2) is 37.3 Å². The maximum atomic E-state index is 9.59. The molecule has 0 amide bonds. The van der Waals surface area contributed by atoms with E-state index in [1.54, 1.807) is 4.57 Å². The molecule has 0 radical (unpaired) electrons. The Morgan fingerprint density at radius 1 is 1.53 bits per heavy atom. The van der Waals surface area contributed by atoms with Crippen molar-refractivity contribution in [2.24, 2.45) is 5.11 Å². The van der Waals surface area contributed by atoms with Crippen molar-refractivity contribution in [2.75, 3.05) is 6.54 Å². The number of aromatic nitrogens is 4. The SMILES string of the molecule is [N-]=[N+]=NCC(O)Cn1cnc2c(Cl)ncnc21. The van der Waals surface area contributed by atoms with Crippen LogP contribution in [0, 0.1) is 0 Å². The van der Waals surface area contributed by atoms with Crippen molar-refractivity contribution in [3.8, 4) is 0 Å². The van der Waals surface area contributed by atoms with Crippen molar-refractivity contribution >= 4 is 22.8 Å². The highest BCUT2D eigenvalue weighted by molar-refractivity contribution is 6.33. The second-order valence-electron chi connectivity index (χ2n) is 3.30. The number of azide groups is 1. The van der Waals surface area contributed by atoms with Crippen molar-refractivity contribution in [2.45, 2.75) is 12.6 Å². The molecule has 0 aromatic carbocycles. The van der Waals surface area contributed by atoms with Crippen LogP contribution in [0.2, 0.25) is 5.15 Å². The third kappa shape index (κ3) is 2.44. The summed E-state index contributed by atoms with van der Waals surface area (Å²) in [4.78, 5) is 14.4. The summed E-state index contributed by atoms with van der Waals surface area (Å²) in [5.74, 6) is 0. The molecule has 2 heterocycles. The molecule has 17 heavy (non-hydrogen) atoms. The van der Waals surface area contributed by atoms with Gasteiger partial charge in [0.05, 0.1) is 25.5 Å². The van der Waals surface area contributed by atoms with Gasteiger partial charge in [0, 0.05) is 4.91 Å². The van der Waals surface area contributed by atoms with Crippen molar-refractivity contribution < 1.29 is 5.11 Å². The van der Waals surface area contributed by atoms with E-state index < -0.39 is 6.10 Å². The number of imidazole rings is 1. The molecule has 2 rings (SSSR count). The Morgan fingerprint density at radius 2 is 2.35 bits per heavy atom. The van der Waals surface area contributed by atoms with Crippen LogP contribution in [0.4, 0.5) is 0 Å². The van der Waals surface area contributed by atoms with Crippen molar-refractivity contribution in [3.63, 3.8) is 0 Å². The maximum Gasteiger partial charge on any atom is 0.164 e. The molecule has 2 aromatic rings. The molecular weight excluding hydrogens is 246 g/mol. The zero-order valence-corrected chi connectivity index (χ0v) is 9.36. The highest BCUT2D eigenvalue weighted by Crippen LogP contribution is 2.17. The van der Waals surface area contributed by atoms with E-state index in [4.69, 9.17) is 17.1 Å². The molecule has 1 atom stereocenters. The van der Waals surface area contributed by atoms with Gasteiger partial charge in [-0.25, -0.2) is 15.0 Å². The Balaban J connectivity index is 2.25. The van der Waals surface area contributed by atoms with Gasteiger partial charge in [0.25, 0.3) is 0 Å². The molecule has 1 unspecified atom stereocenters. The second-order valence-corrected chi connectivity index (χ2v) is 3.66. The van der Waals surface area contributed by atoms with Crippen LogP contribution in [0.1, 0.15) is 0 Å². The van der Waals surface area contributed by atoms with Gasteiger partial charge in [0.15, 0.2) is 10.8 Å². The Bertz CT molecular complexity index is 576. The quantitative estimate of drug-likeness (QED) is 0.381. The number of aliphatic hydroxyl groups is 1. The summed E-state index contributed by atoms with van der Waals surface area (Å²) >= 11 is 5.83. The zero-order valence-electron chi connectivity index (χ0n) is 8.60.